The van der Waals surface area contributed by atoms with E-state index in [1.54, 1.807) is 12.4 Å². The highest BCUT2D eigenvalue weighted by Gasteiger charge is 2.01. The zero-order valence-corrected chi connectivity index (χ0v) is 9.44. The maximum Gasteiger partial charge on any atom is 0.142 e. The van der Waals surface area contributed by atoms with Crippen molar-refractivity contribution in [2.24, 2.45) is 5.73 Å². The summed E-state index contributed by atoms with van der Waals surface area (Å²) in [4.78, 5) is 6.15. The lowest BCUT2D eigenvalue weighted by molar-refractivity contribution is 0.278. The smallest absolute Gasteiger partial charge is 0.142 e. The Bertz CT molecular complexity index is 289. The molecule has 2 N–H and O–H groups in total. The third-order valence-electron chi connectivity index (χ3n) is 2.10. The van der Waals surface area contributed by atoms with Gasteiger partial charge >= 0.3 is 0 Å². The van der Waals surface area contributed by atoms with Crippen LogP contribution >= 0.6 is 0 Å². The summed E-state index contributed by atoms with van der Waals surface area (Å²) < 4.78 is 5.61. The number of hydrogen-bond acceptors (Lipinski definition) is 4. The molecule has 0 atom stereocenters. The minimum absolute atomic E-state index is 0.492. The average Bonchev–Trinajstić information content (AvgIpc) is 2.24. The molecule has 0 aliphatic carbocycles. The van der Waals surface area contributed by atoms with E-state index in [1.165, 1.54) is 0 Å². The van der Waals surface area contributed by atoms with Crippen molar-refractivity contribution in [1.82, 2.24) is 9.88 Å². The highest BCUT2D eigenvalue weighted by molar-refractivity contribution is 5.29. The number of nitrogens with two attached hydrogens (primary N) is 1. The zero-order chi connectivity index (χ0) is 11.1. The molecule has 0 saturated heterocycles. The van der Waals surface area contributed by atoms with Gasteiger partial charge in [0.25, 0.3) is 0 Å². The van der Waals surface area contributed by atoms with Crippen LogP contribution < -0.4 is 10.5 Å². The molecule has 0 radical (unpaired) electrons. The molecule has 0 aliphatic rings. The first kappa shape index (κ1) is 11.9. The maximum atomic E-state index is 5.61. The Morgan fingerprint density at radius 3 is 2.93 bits per heavy atom. The summed E-state index contributed by atoms with van der Waals surface area (Å²) in [5, 5.41) is 0. The molecular weight excluding hydrogens is 190 g/mol. The van der Waals surface area contributed by atoms with Gasteiger partial charge in [0, 0.05) is 24.8 Å². The van der Waals surface area contributed by atoms with E-state index in [0.717, 1.165) is 24.3 Å². The average molecular weight is 209 g/mol. The van der Waals surface area contributed by atoms with E-state index in [-0.39, 0.29) is 0 Å². The van der Waals surface area contributed by atoms with Crippen LogP contribution in [-0.4, -0.2) is 37.1 Å². The fourth-order valence-electron chi connectivity index (χ4n) is 1.27. The lowest BCUT2D eigenvalue weighted by atomic mass is 10.2. The van der Waals surface area contributed by atoms with Crippen molar-refractivity contribution in [1.29, 1.82) is 0 Å². The van der Waals surface area contributed by atoms with Gasteiger partial charge in [0.15, 0.2) is 0 Å². The molecule has 0 aromatic carbocycles. The molecule has 84 valence electrons. The summed E-state index contributed by atoms with van der Waals surface area (Å²) in [6, 6.07) is 1.89. The second-order valence-corrected chi connectivity index (χ2v) is 3.69. The zero-order valence-electron chi connectivity index (χ0n) is 9.44. The normalized spacial score (nSPS) is 10.7. The van der Waals surface area contributed by atoms with Crippen molar-refractivity contribution in [3.63, 3.8) is 0 Å². The second kappa shape index (κ2) is 6.37. The number of ether oxygens (including phenoxy) is 1. The fourth-order valence-corrected chi connectivity index (χ4v) is 1.27. The van der Waals surface area contributed by atoms with Crippen LogP contribution in [0.5, 0.6) is 5.75 Å². The summed E-state index contributed by atoms with van der Waals surface area (Å²) in [5.41, 5.74) is 6.60. The Labute approximate surface area is 91.1 Å². The van der Waals surface area contributed by atoms with E-state index in [1.807, 2.05) is 6.07 Å². The van der Waals surface area contributed by atoms with Crippen molar-refractivity contribution in [2.45, 2.75) is 13.0 Å². The van der Waals surface area contributed by atoms with Crippen molar-refractivity contribution in [3.8, 4) is 5.75 Å². The molecule has 0 unspecified atom stereocenters. The molecule has 1 heterocycles. The Hall–Kier alpha value is -1.13. The van der Waals surface area contributed by atoms with Crippen LogP contribution in [0.4, 0.5) is 0 Å². The van der Waals surface area contributed by atoms with Crippen LogP contribution in [0.2, 0.25) is 0 Å². The molecule has 0 bridgehead atoms. The molecule has 15 heavy (non-hydrogen) atoms. The first-order valence-electron chi connectivity index (χ1n) is 5.14. The molecule has 4 heteroatoms. The SMILES string of the molecule is CN(C)CCCOc1cnccc1CN. The standard InChI is InChI=1S/C11H19N3O/c1-14(2)6-3-7-15-11-9-13-5-4-10(11)8-12/h4-5,9H,3,6-8,12H2,1-2H3. The monoisotopic (exact) mass is 209 g/mol. The van der Waals surface area contributed by atoms with Crippen LogP contribution in [-0.2, 0) is 6.54 Å². The van der Waals surface area contributed by atoms with Crippen molar-refractivity contribution in [3.05, 3.63) is 24.0 Å². The molecular formula is C11H19N3O. The van der Waals surface area contributed by atoms with Crippen LogP contribution in [0.25, 0.3) is 0 Å². The lowest BCUT2D eigenvalue weighted by Crippen LogP contribution is -2.16. The quantitative estimate of drug-likeness (QED) is 0.706. The third-order valence-corrected chi connectivity index (χ3v) is 2.10. The number of aromatic nitrogens is 1. The molecule has 0 fully saturated rings. The Balaban J connectivity index is 2.36. The topological polar surface area (TPSA) is 51.4 Å². The van der Waals surface area contributed by atoms with E-state index in [2.05, 4.69) is 24.0 Å². The first-order valence-corrected chi connectivity index (χ1v) is 5.14. The Kier molecular flexibility index (Phi) is 5.07. The fraction of sp³-hybridized carbons (Fsp3) is 0.545. The van der Waals surface area contributed by atoms with Gasteiger partial charge in [-0.1, -0.05) is 0 Å². The van der Waals surface area contributed by atoms with E-state index >= 15 is 0 Å². The molecule has 1 aromatic heterocycles. The van der Waals surface area contributed by atoms with E-state index in [9.17, 15) is 0 Å². The van der Waals surface area contributed by atoms with Gasteiger partial charge in [-0.15, -0.1) is 0 Å². The molecule has 1 aromatic rings. The van der Waals surface area contributed by atoms with E-state index in [0.29, 0.717) is 13.2 Å². The van der Waals surface area contributed by atoms with Gasteiger partial charge in [0.2, 0.25) is 0 Å². The van der Waals surface area contributed by atoms with Crippen LogP contribution in [0.15, 0.2) is 18.5 Å². The van der Waals surface area contributed by atoms with Gasteiger partial charge in [-0.25, -0.2) is 0 Å². The summed E-state index contributed by atoms with van der Waals surface area (Å²) >= 11 is 0. The first-order chi connectivity index (χ1) is 7.24. The van der Waals surface area contributed by atoms with Crippen LogP contribution in [0.1, 0.15) is 12.0 Å². The highest BCUT2D eigenvalue weighted by atomic mass is 16.5. The van der Waals surface area contributed by atoms with E-state index < -0.39 is 0 Å². The summed E-state index contributed by atoms with van der Waals surface area (Å²) in [6.07, 6.45) is 4.46. The molecule has 1 rings (SSSR count). The minimum Gasteiger partial charge on any atom is -0.492 e. The summed E-state index contributed by atoms with van der Waals surface area (Å²) in [7, 11) is 4.10. The predicted molar refractivity (Wildman–Crippen MR) is 60.8 cm³/mol. The van der Waals surface area contributed by atoms with Gasteiger partial charge in [-0.3, -0.25) is 4.98 Å². The lowest BCUT2D eigenvalue weighted by Gasteiger charge is -2.11. The van der Waals surface area contributed by atoms with E-state index in [4.69, 9.17) is 10.5 Å². The number of rotatable bonds is 6. The largest absolute Gasteiger partial charge is 0.492 e. The maximum absolute atomic E-state index is 5.61. The van der Waals surface area contributed by atoms with Crippen LogP contribution in [0.3, 0.4) is 0 Å². The summed E-state index contributed by atoms with van der Waals surface area (Å²) in [6.45, 7) is 2.22. The van der Waals surface area contributed by atoms with Gasteiger partial charge in [0.05, 0.1) is 12.8 Å². The second-order valence-electron chi connectivity index (χ2n) is 3.69. The molecule has 4 nitrogen and oxygen atoms in total. The predicted octanol–water partition coefficient (Wildman–Crippen LogP) is 0.871. The Morgan fingerprint density at radius 1 is 1.47 bits per heavy atom. The molecule has 0 saturated carbocycles. The minimum atomic E-state index is 0.492. The molecule has 0 amide bonds. The number of hydrogen-bond donors (Lipinski definition) is 1. The molecule has 0 aliphatic heterocycles. The van der Waals surface area contributed by atoms with Gasteiger partial charge < -0.3 is 15.4 Å². The van der Waals surface area contributed by atoms with Gasteiger partial charge in [-0.2, -0.15) is 0 Å². The Morgan fingerprint density at radius 2 is 2.27 bits per heavy atom. The highest BCUT2D eigenvalue weighted by Crippen LogP contribution is 2.15. The number of pyridine rings is 1. The van der Waals surface area contributed by atoms with Crippen molar-refractivity contribution in [2.75, 3.05) is 27.2 Å². The molecule has 0 spiro atoms. The summed E-state index contributed by atoms with van der Waals surface area (Å²) in [5.74, 6) is 0.804. The number of nitrogens with zero attached hydrogens (tertiary/aromatic N) is 2. The van der Waals surface area contributed by atoms with Crippen LogP contribution in [0, 0.1) is 0 Å². The van der Waals surface area contributed by atoms with Crippen molar-refractivity contribution < 1.29 is 4.74 Å². The van der Waals surface area contributed by atoms with Crippen molar-refractivity contribution >= 4 is 0 Å². The van der Waals surface area contributed by atoms with Gasteiger partial charge in [-0.05, 0) is 26.6 Å². The van der Waals surface area contributed by atoms with Gasteiger partial charge in [0.1, 0.15) is 5.75 Å². The third kappa shape index (κ3) is 4.27.